The lowest BCUT2D eigenvalue weighted by Gasteiger charge is -2.18. The predicted molar refractivity (Wildman–Crippen MR) is 53.5 cm³/mol. The molecule has 0 aliphatic rings. The van der Waals surface area contributed by atoms with Gasteiger partial charge >= 0.3 is 6.18 Å². The fourth-order valence-electron chi connectivity index (χ4n) is 1.62. The summed E-state index contributed by atoms with van der Waals surface area (Å²) in [4.78, 5) is 0. The summed E-state index contributed by atoms with van der Waals surface area (Å²) in [6, 6.07) is 5.62. The van der Waals surface area contributed by atoms with Crippen molar-refractivity contribution in [2.24, 2.45) is 5.73 Å². The fourth-order valence-corrected chi connectivity index (χ4v) is 1.62. The minimum Gasteiger partial charge on any atom is -0.330 e. The Morgan fingerprint density at radius 3 is 2.33 bits per heavy atom. The molecule has 1 atom stereocenters. The lowest BCUT2D eigenvalue weighted by atomic mass is 9.92. The molecule has 1 nitrogen and oxygen atoms in total. The van der Waals surface area contributed by atoms with Crippen molar-refractivity contribution in [1.29, 1.82) is 0 Å². The third-order valence-electron chi connectivity index (χ3n) is 2.48. The third kappa shape index (κ3) is 2.72. The molecule has 2 N–H and O–H groups in total. The van der Waals surface area contributed by atoms with E-state index in [1.165, 1.54) is 12.1 Å². The fraction of sp³-hybridized carbons (Fsp3) is 0.455. The largest absolute Gasteiger partial charge is 0.416 e. The number of hydrogen-bond acceptors (Lipinski definition) is 1. The van der Waals surface area contributed by atoms with E-state index in [1.807, 2.05) is 6.92 Å². The number of rotatable bonds is 3. The summed E-state index contributed by atoms with van der Waals surface area (Å²) in [6.07, 6.45) is -3.68. The van der Waals surface area contributed by atoms with Crippen molar-refractivity contribution >= 4 is 0 Å². The molecule has 84 valence electrons. The molecule has 0 aromatic heterocycles. The number of hydrogen-bond donors (Lipinski definition) is 1. The molecule has 0 radical (unpaired) electrons. The smallest absolute Gasteiger partial charge is 0.330 e. The maximum absolute atomic E-state index is 12.6. The molecule has 0 amide bonds. The van der Waals surface area contributed by atoms with Crippen molar-refractivity contribution in [3.8, 4) is 0 Å². The van der Waals surface area contributed by atoms with Crippen molar-refractivity contribution in [3.63, 3.8) is 0 Å². The van der Waals surface area contributed by atoms with Gasteiger partial charge in [0.15, 0.2) is 0 Å². The first kappa shape index (κ1) is 12.0. The number of nitrogens with two attached hydrogens (primary N) is 1. The summed E-state index contributed by atoms with van der Waals surface area (Å²) in [5, 5.41) is 0. The van der Waals surface area contributed by atoms with Crippen LogP contribution in [-0.4, -0.2) is 6.54 Å². The molecule has 0 spiro atoms. The molecular formula is C11H14F3N. The quantitative estimate of drug-likeness (QED) is 0.826. The maximum Gasteiger partial charge on any atom is 0.416 e. The van der Waals surface area contributed by atoms with Crippen LogP contribution in [0.25, 0.3) is 0 Å². The van der Waals surface area contributed by atoms with Crippen LogP contribution in [-0.2, 0) is 6.18 Å². The Balaban J connectivity index is 3.17. The van der Waals surface area contributed by atoms with Crippen LogP contribution in [0.5, 0.6) is 0 Å². The molecule has 0 aliphatic carbocycles. The van der Waals surface area contributed by atoms with Crippen LogP contribution in [0.2, 0.25) is 0 Å². The van der Waals surface area contributed by atoms with E-state index < -0.39 is 11.7 Å². The third-order valence-corrected chi connectivity index (χ3v) is 2.48. The van der Waals surface area contributed by atoms with Gasteiger partial charge in [0.1, 0.15) is 0 Å². The van der Waals surface area contributed by atoms with E-state index in [2.05, 4.69) is 0 Å². The highest BCUT2D eigenvalue weighted by molar-refractivity contribution is 5.32. The highest BCUT2D eigenvalue weighted by atomic mass is 19.4. The SMILES string of the molecule is CCC(CN)c1ccccc1C(F)(F)F. The summed E-state index contributed by atoms with van der Waals surface area (Å²) in [5.74, 6) is -0.220. The Hall–Kier alpha value is -1.03. The molecule has 0 saturated carbocycles. The minimum atomic E-state index is -4.29. The lowest BCUT2D eigenvalue weighted by molar-refractivity contribution is -0.138. The number of benzene rings is 1. The Morgan fingerprint density at radius 2 is 1.87 bits per heavy atom. The summed E-state index contributed by atoms with van der Waals surface area (Å²) in [6.45, 7) is 2.08. The molecule has 0 bridgehead atoms. The zero-order valence-corrected chi connectivity index (χ0v) is 8.51. The van der Waals surface area contributed by atoms with E-state index >= 15 is 0 Å². The van der Waals surface area contributed by atoms with Gasteiger partial charge in [0, 0.05) is 0 Å². The van der Waals surface area contributed by atoms with Crippen LogP contribution < -0.4 is 5.73 Å². The van der Waals surface area contributed by atoms with Gasteiger partial charge in [-0.2, -0.15) is 13.2 Å². The van der Waals surface area contributed by atoms with Crippen LogP contribution >= 0.6 is 0 Å². The standard InChI is InChI=1S/C11H14F3N/c1-2-8(7-15)9-5-3-4-6-10(9)11(12,13)14/h3-6,8H,2,7,15H2,1H3. The molecule has 1 aromatic carbocycles. The van der Waals surface area contributed by atoms with Crippen molar-refractivity contribution in [2.75, 3.05) is 6.54 Å². The molecule has 0 saturated heterocycles. The minimum absolute atomic E-state index is 0.220. The van der Waals surface area contributed by atoms with Crippen LogP contribution in [0.15, 0.2) is 24.3 Å². The van der Waals surface area contributed by atoms with Crippen molar-refractivity contribution in [3.05, 3.63) is 35.4 Å². The van der Waals surface area contributed by atoms with Crippen molar-refractivity contribution in [2.45, 2.75) is 25.4 Å². The molecule has 0 fully saturated rings. The molecule has 4 heteroatoms. The summed E-state index contributed by atoms with van der Waals surface area (Å²) >= 11 is 0. The summed E-state index contributed by atoms with van der Waals surface area (Å²) in [5.41, 5.74) is 5.19. The number of halogens is 3. The van der Waals surface area contributed by atoms with Gasteiger partial charge in [-0.25, -0.2) is 0 Å². The Kier molecular flexibility index (Phi) is 3.74. The van der Waals surface area contributed by atoms with Crippen LogP contribution in [0.1, 0.15) is 30.4 Å². The lowest BCUT2D eigenvalue weighted by Crippen LogP contribution is -2.17. The second-order valence-electron chi connectivity index (χ2n) is 3.43. The summed E-state index contributed by atoms with van der Waals surface area (Å²) in [7, 11) is 0. The summed E-state index contributed by atoms with van der Waals surface area (Å²) < 4.78 is 37.9. The van der Waals surface area contributed by atoms with Crippen molar-refractivity contribution in [1.82, 2.24) is 0 Å². The van der Waals surface area contributed by atoms with E-state index in [-0.39, 0.29) is 12.5 Å². The van der Waals surface area contributed by atoms with Crippen LogP contribution in [0, 0.1) is 0 Å². The molecule has 1 rings (SSSR count). The van der Waals surface area contributed by atoms with Crippen LogP contribution in [0.3, 0.4) is 0 Å². The van der Waals surface area contributed by atoms with Gasteiger partial charge in [-0.1, -0.05) is 25.1 Å². The maximum atomic E-state index is 12.6. The van der Waals surface area contributed by atoms with E-state index in [0.29, 0.717) is 12.0 Å². The van der Waals surface area contributed by atoms with E-state index in [1.54, 1.807) is 6.07 Å². The first-order chi connectivity index (χ1) is 7.00. The van der Waals surface area contributed by atoms with Gasteiger partial charge < -0.3 is 5.73 Å². The Morgan fingerprint density at radius 1 is 1.27 bits per heavy atom. The normalized spacial score (nSPS) is 13.9. The van der Waals surface area contributed by atoms with Crippen molar-refractivity contribution < 1.29 is 13.2 Å². The zero-order valence-electron chi connectivity index (χ0n) is 8.51. The topological polar surface area (TPSA) is 26.0 Å². The Bertz CT molecular complexity index is 316. The van der Waals surface area contributed by atoms with Gasteiger partial charge in [0.05, 0.1) is 5.56 Å². The molecule has 0 heterocycles. The van der Waals surface area contributed by atoms with Crippen LogP contribution in [0.4, 0.5) is 13.2 Å². The van der Waals surface area contributed by atoms with Gasteiger partial charge in [-0.05, 0) is 30.5 Å². The van der Waals surface area contributed by atoms with Gasteiger partial charge in [-0.15, -0.1) is 0 Å². The van der Waals surface area contributed by atoms with E-state index in [4.69, 9.17) is 5.73 Å². The first-order valence-corrected chi connectivity index (χ1v) is 4.86. The monoisotopic (exact) mass is 217 g/mol. The number of alkyl halides is 3. The average Bonchev–Trinajstić information content (AvgIpc) is 2.19. The second kappa shape index (κ2) is 4.66. The molecular weight excluding hydrogens is 203 g/mol. The molecule has 1 unspecified atom stereocenters. The van der Waals surface area contributed by atoms with E-state index in [0.717, 1.165) is 6.07 Å². The predicted octanol–water partition coefficient (Wildman–Crippen LogP) is 3.16. The zero-order chi connectivity index (χ0) is 11.5. The Labute approximate surface area is 87.1 Å². The molecule has 1 aromatic rings. The molecule has 15 heavy (non-hydrogen) atoms. The highest BCUT2D eigenvalue weighted by Gasteiger charge is 2.34. The highest BCUT2D eigenvalue weighted by Crippen LogP contribution is 2.35. The van der Waals surface area contributed by atoms with Gasteiger partial charge in [0.25, 0.3) is 0 Å². The molecule has 0 aliphatic heterocycles. The second-order valence-corrected chi connectivity index (χ2v) is 3.43. The van der Waals surface area contributed by atoms with E-state index in [9.17, 15) is 13.2 Å². The van der Waals surface area contributed by atoms with Gasteiger partial charge in [0.2, 0.25) is 0 Å². The average molecular weight is 217 g/mol. The van der Waals surface area contributed by atoms with Gasteiger partial charge in [-0.3, -0.25) is 0 Å². The first-order valence-electron chi connectivity index (χ1n) is 4.86.